The molecule has 1 nitrogen and oxygen atoms in total. The maximum atomic E-state index is 12.7. The normalized spacial score (nSPS) is 33.2. The van der Waals surface area contributed by atoms with Gasteiger partial charge in [0.15, 0.2) is 0 Å². The Morgan fingerprint density at radius 2 is 2.22 bits per heavy atom. The Morgan fingerprint density at radius 3 is 2.33 bits per heavy atom. The number of ketones is 1. The highest BCUT2D eigenvalue weighted by Crippen LogP contribution is 2.36. The smallest absolute Gasteiger partial charge is 0.141 e. The van der Waals surface area contributed by atoms with Crippen LogP contribution in [-0.2, 0) is 4.79 Å². The minimum Gasteiger partial charge on any atom is -0.299 e. The minimum atomic E-state index is -0.912. The van der Waals surface area contributed by atoms with Gasteiger partial charge in [0.1, 0.15) is 12.0 Å². The Labute approximate surface area is 54.3 Å². The van der Waals surface area contributed by atoms with E-state index in [4.69, 9.17) is 0 Å². The van der Waals surface area contributed by atoms with Gasteiger partial charge >= 0.3 is 0 Å². The molecule has 1 fully saturated rings. The first-order valence-electron chi connectivity index (χ1n) is 3.22. The second-order valence-electron chi connectivity index (χ2n) is 3.15. The summed E-state index contributed by atoms with van der Waals surface area (Å²) in [6.45, 7) is 3.35. The van der Waals surface area contributed by atoms with Gasteiger partial charge in [0.2, 0.25) is 0 Å². The lowest BCUT2D eigenvalue weighted by Gasteiger charge is -2.17. The first kappa shape index (κ1) is 6.72. The molecule has 0 amide bonds. The average molecular weight is 130 g/mol. The molecule has 0 aliphatic heterocycles. The fourth-order valence-corrected chi connectivity index (χ4v) is 1.12. The summed E-state index contributed by atoms with van der Waals surface area (Å²) in [6.07, 6.45) is -0.0648. The molecule has 1 rings (SSSR count). The van der Waals surface area contributed by atoms with Crippen LogP contribution in [-0.4, -0.2) is 12.0 Å². The number of alkyl halides is 1. The zero-order chi connectivity index (χ0) is 7.07. The average Bonchev–Trinajstić information content (AvgIpc) is 1.96. The molecule has 1 unspecified atom stereocenters. The summed E-state index contributed by atoms with van der Waals surface area (Å²) in [5.41, 5.74) is -0.694. The van der Waals surface area contributed by atoms with Crippen LogP contribution in [0.1, 0.15) is 26.7 Å². The standard InChI is InChI=1S/C7H11FO/c1-7(2)5(8)3-4-6(7)9/h5H,3-4H2,1-2H3. The van der Waals surface area contributed by atoms with Crippen LogP contribution in [0.5, 0.6) is 0 Å². The quantitative estimate of drug-likeness (QED) is 0.488. The molecular weight excluding hydrogens is 119 g/mol. The van der Waals surface area contributed by atoms with E-state index >= 15 is 0 Å². The Hall–Kier alpha value is -0.400. The number of hydrogen-bond acceptors (Lipinski definition) is 1. The fourth-order valence-electron chi connectivity index (χ4n) is 1.12. The Kier molecular flexibility index (Phi) is 1.34. The molecule has 0 N–H and O–H groups in total. The van der Waals surface area contributed by atoms with Crippen LogP contribution in [0.2, 0.25) is 0 Å². The lowest BCUT2D eigenvalue weighted by atomic mass is 9.89. The van der Waals surface area contributed by atoms with Gasteiger partial charge in [-0.3, -0.25) is 4.79 Å². The molecule has 52 valence electrons. The summed E-state index contributed by atoms with van der Waals surface area (Å²) in [7, 11) is 0. The Bertz CT molecular complexity index is 140. The van der Waals surface area contributed by atoms with Crippen molar-refractivity contribution in [1.82, 2.24) is 0 Å². The Balaban J connectivity index is 2.78. The van der Waals surface area contributed by atoms with Crippen molar-refractivity contribution in [3.05, 3.63) is 0 Å². The molecule has 0 aromatic carbocycles. The molecular formula is C7H11FO. The van der Waals surface area contributed by atoms with Crippen LogP contribution in [0, 0.1) is 5.41 Å². The first-order valence-corrected chi connectivity index (χ1v) is 3.22. The maximum Gasteiger partial charge on any atom is 0.141 e. The first-order chi connectivity index (χ1) is 4.05. The molecule has 0 heterocycles. The predicted molar refractivity (Wildman–Crippen MR) is 32.9 cm³/mol. The van der Waals surface area contributed by atoms with Gasteiger partial charge in [-0.25, -0.2) is 4.39 Å². The molecule has 0 spiro atoms. The summed E-state index contributed by atoms with van der Waals surface area (Å²) in [6, 6.07) is 0. The number of Topliss-reactive ketones (excluding diaryl/α,β-unsaturated/α-hetero) is 1. The summed E-state index contributed by atoms with van der Waals surface area (Å²) >= 11 is 0. The summed E-state index contributed by atoms with van der Waals surface area (Å²) in [5, 5.41) is 0. The molecule has 0 aromatic rings. The topological polar surface area (TPSA) is 17.1 Å². The number of carbonyl (C=O) groups is 1. The lowest BCUT2D eigenvalue weighted by molar-refractivity contribution is -0.125. The molecule has 2 heteroatoms. The van der Waals surface area contributed by atoms with E-state index in [9.17, 15) is 9.18 Å². The number of rotatable bonds is 0. The van der Waals surface area contributed by atoms with Gasteiger partial charge in [0.25, 0.3) is 0 Å². The molecule has 9 heavy (non-hydrogen) atoms. The van der Waals surface area contributed by atoms with Crippen molar-refractivity contribution in [3.63, 3.8) is 0 Å². The third-order valence-electron chi connectivity index (χ3n) is 2.13. The van der Waals surface area contributed by atoms with Crippen LogP contribution in [0.4, 0.5) is 4.39 Å². The highest BCUT2D eigenvalue weighted by Gasteiger charge is 2.42. The molecule has 1 aliphatic rings. The molecule has 0 aromatic heterocycles. The summed E-state index contributed by atoms with van der Waals surface area (Å²) in [5.74, 6) is 0.0648. The Morgan fingerprint density at radius 1 is 1.67 bits per heavy atom. The van der Waals surface area contributed by atoms with Crippen molar-refractivity contribution >= 4 is 5.78 Å². The van der Waals surface area contributed by atoms with Crippen molar-refractivity contribution in [2.75, 3.05) is 0 Å². The van der Waals surface area contributed by atoms with E-state index in [1.165, 1.54) is 0 Å². The van der Waals surface area contributed by atoms with Crippen molar-refractivity contribution in [3.8, 4) is 0 Å². The van der Waals surface area contributed by atoms with E-state index in [0.29, 0.717) is 12.8 Å². The van der Waals surface area contributed by atoms with Crippen molar-refractivity contribution in [2.24, 2.45) is 5.41 Å². The molecule has 0 radical (unpaired) electrons. The van der Waals surface area contributed by atoms with Crippen molar-refractivity contribution < 1.29 is 9.18 Å². The summed E-state index contributed by atoms with van der Waals surface area (Å²) in [4.78, 5) is 10.9. The van der Waals surface area contributed by atoms with Crippen molar-refractivity contribution in [2.45, 2.75) is 32.9 Å². The second kappa shape index (κ2) is 1.79. The molecule has 0 saturated heterocycles. The van der Waals surface area contributed by atoms with Crippen molar-refractivity contribution in [1.29, 1.82) is 0 Å². The zero-order valence-electron chi connectivity index (χ0n) is 5.78. The van der Waals surface area contributed by atoms with E-state index in [-0.39, 0.29) is 5.78 Å². The van der Waals surface area contributed by atoms with E-state index < -0.39 is 11.6 Å². The monoisotopic (exact) mass is 130 g/mol. The second-order valence-corrected chi connectivity index (χ2v) is 3.15. The molecule has 1 atom stereocenters. The number of halogens is 1. The van der Waals surface area contributed by atoms with Gasteiger partial charge in [0, 0.05) is 6.42 Å². The van der Waals surface area contributed by atoms with E-state index in [1.807, 2.05) is 0 Å². The zero-order valence-corrected chi connectivity index (χ0v) is 5.78. The highest BCUT2D eigenvalue weighted by atomic mass is 19.1. The number of carbonyl (C=O) groups excluding carboxylic acids is 1. The SMILES string of the molecule is CC1(C)C(=O)CCC1F. The van der Waals surface area contributed by atoms with E-state index in [1.54, 1.807) is 13.8 Å². The van der Waals surface area contributed by atoms with Crippen LogP contribution < -0.4 is 0 Å². The van der Waals surface area contributed by atoms with Crippen LogP contribution in [0.25, 0.3) is 0 Å². The van der Waals surface area contributed by atoms with Crippen LogP contribution in [0.3, 0.4) is 0 Å². The fraction of sp³-hybridized carbons (Fsp3) is 0.857. The van der Waals surface area contributed by atoms with Crippen LogP contribution in [0.15, 0.2) is 0 Å². The third-order valence-corrected chi connectivity index (χ3v) is 2.13. The van der Waals surface area contributed by atoms with Gasteiger partial charge in [-0.05, 0) is 6.42 Å². The lowest BCUT2D eigenvalue weighted by Crippen LogP contribution is -2.25. The van der Waals surface area contributed by atoms with Gasteiger partial charge in [-0.1, -0.05) is 13.8 Å². The van der Waals surface area contributed by atoms with Gasteiger partial charge in [-0.15, -0.1) is 0 Å². The van der Waals surface area contributed by atoms with Gasteiger partial charge in [-0.2, -0.15) is 0 Å². The minimum absolute atomic E-state index is 0.0648. The van der Waals surface area contributed by atoms with Crippen LogP contribution >= 0.6 is 0 Å². The van der Waals surface area contributed by atoms with E-state index in [0.717, 1.165) is 0 Å². The molecule has 1 aliphatic carbocycles. The van der Waals surface area contributed by atoms with Gasteiger partial charge < -0.3 is 0 Å². The van der Waals surface area contributed by atoms with E-state index in [2.05, 4.69) is 0 Å². The predicted octanol–water partition coefficient (Wildman–Crippen LogP) is 1.71. The number of hydrogen-bond donors (Lipinski definition) is 0. The third kappa shape index (κ3) is 0.865. The molecule has 0 bridgehead atoms. The largest absolute Gasteiger partial charge is 0.299 e. The highest BCUT2D eigenvalue weighted by molar-refractivity contribution is 5.86. The maximum absolute atomic E-state index is 12.7. The van der Waals surface area contributed by atoms with Gasteiger partial charge in [0.05, 0.1) is 5.41 Å². The molecule has 1 saturated carbocycles. The summed E-state index contributed by atoms with van der Waals surface area (Å²) < 4.78 is 12.7.